The molecule has 3 rings (SSSR count). The van der Waals surface area contributed by atoms with E-state index in [2.05, 4.69) is 69.3 Å². The maximum atomic E-state index is 12.3. The van der Waals surface area contributed by atoms with Crippen molar-refractivity contribution in [2.45, 2.75) is 78.2 Å². The maximum Gasteiger partial charge on any atom is 0.302 e. The number of hydrogen-bond acceptors (Lipinski definition) is 5. The Morgan fingerprint density at radius 3 is 1.83 bits per heavy atom. The van der Waals surface area contributed by atoms with E-state index in [0.29, 0.717) is 13.0 Å². The van der Waals surface area contributed by atoms with Crippen molar-refractivity contribution in [1.82, 2.24) is 0 Å². The van der Waals surface area contributed by atoms with Crippen molar-refractivity contribution in [2.24, 2.45) is 11.8 Å². The van der Waals surface area contributed by atoms with Crippen LogP contribution in [0.5, 0.6) is 0 Å². The van der Waals surface area contributed by atoms with Crippen LogP contribution < -0.4 is 10.4 Å². The van der Waals surface area contributed by atoms with Crippen LogP contribution >= 0.6 is 0 Å². The summed E-state index contributed by atoms with van der Waals surface area (Å²) in [5, 5.41) is 2.33. The third-order valence-electron chi connectivity index (χ3n) is 7.26. The zero-order valence-corrected chi connectivity index (χ0v) is 23.1. The molecule has 0 bridgehead atoms. The van der Waals surface area contributed by atoms with Gasteiger partial charge in [0.05, 0.1) is 6.10 Å². The molecule has 0 saturated carbocycles. The molecule has 0 N–H and O–H groups in total. The summed E-state index contributed by atoms with van der Waals surface area (Å²) in [5.74, 6) is -0.618. The molecule has 0 unspecified atom stereocenters. The standard InChI is InChI=1S/C29H40O5Si/c1-20-26(34-28(22(3)30)21(2)27(20)33-23(4)31)18-19-32-35(29(5,6)7,24-14-10-8-11-15-24)25-16-12-9-13-17-25/h8-17,20-21,26-28H,18-19H2,1-7H3/t20-,21+,26+,27-,28+/m0/s1. The molecular formula is C29H40O5Si. The molecule has 0 radical (unpaired) electrons. The number of benzene rings is 2. The molecule has 2 aromatic carbocycles. The van der Waals surface area contributed by atoms with Crippen LogP contribution in [0.3, 0.4) is 0 Å². The van der Waals surface area contributed by atoms with Gasteiger partial charge in [-0.2, -0.15) is 0 Å². The lowest BCUT2D eigenvalue weighted by Crippen LogP contribution is -2.66. The van der Waals surface area contributed by atoms with Crippen LogP contribution in [-0.2, 0) is 23.5 Å². The number of carbonyl (C=O) groups is 2. The quantitative estimate of drug-likeness (QED) is 0.397. The van der Waals surface area contributed by atoms with Gasteiger partial charge in [-0.15, -0.1) is 0 Å². The molecule has 0 aliphatic carbocycles. The summed E-state index contributed by atoms with van der Waals surface area (Å²) in [6.07, 6.45) is -0.594. The van der Waals surface area contributed by atoms with Crippen molar-refractivity contribution < 1.29 is 23.5 Å². The van der Waals surface area contributed by atoms with Gasteiger partial charge in [0.2, 0.25) is 0 Å². The Hall–Kier alpha value is -2.28. The maximum absolute atomic E-state index is 12.3. The van der Waals surface area contributed by atoms with Gasteiger partial charge in [0.25, 0.3) is 8.32 Å². The molecule has 1 heterocycles. The van der Waals surface area contributed by atoms with Gasteiger partial charge in [-0.1, -0.05) is 95.3 Å². The summed E-state index contributed by atoms with van der Waals surface area (Å²) in [6, 6.07) is 21.1. The first-order valence-corrected chi connectivity index (χ1v) is 14.5. The van der Waals surface area contributed by atoms with Gasteiger partial charge >= 0.3 is 5.97 Å². The Labute approximate surface area is 211 Å². The van der Waals surface area contributed by atoms with E-state index in [1.54, 1.807) is 0 Å². The van der Waals surface area contributed by atoms with E-state index in [-0.39, 0.29) is 40.8 Å². The molecular weight excluding hydrogens is 456 g/mol. The highest BCUT2D eigenvalue weighted by Crippen LogP contribution is 2.38. The zero-order chi connectivity index (χ0) is 25.8. The predicted octanol–water partition coefficient (Wildman–Crippen LogP) is 4.51. The summed E-state index contributed by atoms with van der Waals surface area (Å²) < 4.78 is 19.0. The van der Waals surface area contributed by atoms with Gasteiger partial charge in [0.15, 0.2) is 5.78 Å². The molecule has 1 aliphatic heterocycles. The van der Waals surface area contributed by atoms with Gasteiger partial charge in [0.1, 0.15) is 12.2 Å². The van der Waals surface area contributed by atoms with E-state index in [9.17, 15) is 9.59 Å². The Balaban J connectivity index is 1.90. The highest BCUT2D eigenvalue weighted by molar-refractivity contribution is 6.99. The average molecular weight is 497 g/mol. The van der Waals surface area contributed by atoms with E-state index in [1.165, 1.54) is 24.2 Å². The van der Waals surface area contributed by atoms with Crippen molar-refractivity contribution in [3.8, 4) is 0 Å². The topological polar surface area (TPSA) is 61.8 Å². The van der Waals surface area contributed by atoms with Crippen molar-refractivity contribution in [3.05, 3.63) is 60.7 Å². The van der Waals surface area contributed by atoms with Gasteiger partial charge in [-0.25, -0.2) is 0 Å². The molecule has 5 nitrogen and oxygen atoms in total. The average Bonchev–Trinajstić information content (AvgIpc) is 2.80. The second kappa shape index (κ2) is 11.2. The molecule has 0 amide bonds. The molecule has 1 aliphatic rings. The fraction of sp³-hybridized carbons (Fsp3) is 0.517. The first kappa shape index (κ1) is 27.3. The third-order valence-corrected chi connectivity index (χ3v) is 12.3. The summed E-state index contributed by atoms with van der Waals surface area (Å²) in [6.45, 7) is 14.2. The summed E-state index contributed by atoms with van der Waals surface area (Å²) in [4.78, 5) is 24.1. The number of ketones is 1. The van der Waals surface area contributed by atoms with Crippen molar-refractivity contribution >= 4 is 30.4 Å². The third kappa shape index (κ3) is 5.76. The van der Waals surface area contributed by atoms with E-state index >= 15 is 0 Å². The lowest BCUT2D eigenvalue weighted by Gasteiger charge is -2.45. The molecule has 0 aromatic heterocycles. The van der Waals surface area contributed by atoms with Crippen LogP contribution in [0.1, 0.15) is 54.9 Å². The van der Waals surface area contributed by atoms with E-state index < -0.39 is 14.4 Å². The Morgan fingerprint density at radius 2 is 1.40 bits per heavy atom. The molecule has 2 aromatic rings. The van der Waals surface area contributed by atoms with Crippen LogP contribution in [0.25, 0.3) is 0 Å². The number of ether oxygens (including phenoxy) is 2. The fourth-order valence-corrected chi connectivity index (χ4v) is 10.2. The van der Waals surface area contributed by atoms with Crippen molar-refractivity contribution in [3.63, 3.8) is 0 Å². The number of rotatable bonds is 8. The van der Waals surface area contributed by atoms with Crippen LogP contribution in [-0.4, -0.2) is 45.0 Å². The van der Waals surface area contributed by atoms with Crippen molar-refractivity contribution in [1.29, 1.82) is 0 Å². The molecule has 6 heteroatoms. The van der Waals surface area contributed by atoms with Gasteiger partial charge in [-0.3, -0.25) is 9.59 Å². The lowest BCUT2D eigenvalue weighted by molar-refractivity contribution is -0.193. The minimum Gasteiger partial charge on any atom is -0.462 e. The molecule has 35 heavy (non-hydrogen) atoms. The number of hydrogen-bond donors (Lipinski definition) is 0. The molecule has 5 atom stereocenters. The first-order chi connectivity index (χ1) is 16.5. The number of esters is 1. The van der Waals surface area contributed by atoms with E-state index in [1.807, 2.05) is 26.0 Å². The van der Waals surface area contributed by atoms with Gasteiger partial charge in [0, 0.05) is 25.4 Å². The smallest absolute Gasteiger partial charge is 0.302 e. The van der Waals surface area contributed by atoms with Crippen molar-refractivity contribution in [2.75, 3.05) is 6.61 Å². The molecule has 190 valence electrons. The monoisotopic (exact) mass is 496 g/mol. The van der Waals surface area contributed by atoms with Crippen LogP contribution in [0.4, 0.5) is 0 Å². The summed E-state index contributed by atoms with van der Waals surface area (Å²) >= 11 is 0. The second-order valence-electron chi connectivity index (χ2n) is 10.8. The molecule has 0 spiro atoms. The fourth-order valence-electron chi connectivity index (χ4n) is 5.59. The van der Waals surface area contributed by atoms with Crippen LogP contribution in [0.15, 0.2) is 60.7 Å². The van der Waals surface area contributed by atoms with E-state index in [0.717, 1.165) is 0 Å². The summed E-state index contributed by atoms with van der Waals surface area (Å²) in [5.41, 5.74) is 0. The highest BCUT2D eigenvalue weighted by Gasteiger charge is 2.51. The van der Waals surface area contributed by atoms with Gasteiger partial charge < -0.3 is 13.9 Å². The number of carbonyl (C=O) groups excluding carboxylic acids is 2. The second-order valence-corrected chi connectivity index (χ2v) is 15.1. The first-order valence-electron chi connectivity index (χ1n) is 12.6. The highest BCUT2D eigenvalue weighted by atomic mass is 28.4. The molecule has 1 fully saturated rings. The van der Waals surface area contributed by atoms with Crippen LogP contribution in [0.2, 0.25) is 5.04 Å². The Bertz CT molecular complexity index is 946. The molecule has 1 saturated heterocycles. The Kier molecular flexibility index (Phi) is 8.73. The lowest BCUT2D eigenvalue weighted by atomic mass is 9.80. The van der Waals surface area contributed by atoms with Crippen LogP contribution in [0, 0.1) is 11.8 Å². The van der Waals surface area contributed by atoms with Gasteiger partial charge in [-0.05, 0) is 28.8 Å². The largest absolute Gasteiger partial charge is 0.462 e. The normalized spacial score (nSPS) is 25.2. The minimum absolute atomic E-state index is 0.0422. The predicted molar refractivity (Wildman–Crippen MR) is 141 cm³/mol. The summed E-state index contributed by atoms with van der Waals surface area (Å²) in [7, 11) is -2.66. The number of Topliss-reactive ketones (excluding diaryl/α,β-unsaturated/α-hetero) is 1. The zero-order valence-electron chi connectivity index (χ0n) is 22.1. The SMILES string of the molecule is CC(=O)O[C@H]1[C@@H](C)[C@@H](CCO[Si](c2ccccc2)(c2ccccc2)C(C)(C)C)O[C@@H](C(C)=O)[C@@H]1C. The minimum atomic E-state index is -2.66. The van der Waals surface area contributed by atoms with E-state index in [4.69, 9.17) is 13.9 Å². The Morgan fingerprint density at radius 1 is 0.886 bits per heavy atom.